The third-order valence-electron chi connectivity index (χ3n) is 4.21. The van der Waals surface area contributed by atoms with Crippen molar-refractivity contribution in [3.63, 3.8) is 0 Å². The number of carbonyl (C=O) groups excluding carboxylic acids is 1. The molecule has 1 heterocycles. The van der Waals surface area contributed by atoms with Crippen LogP contribution in [0, 0.1) is 5.92 Å². The van der Waals surface area contributed by atoms with E-state index in [0.29, 0.717) is 18.0 Å². The summed E-state index contributed by atoms with van der Waals surface area (Å²) in [6, 6.07) is 7.68. The highest BCUT2D eigenvalue weighted by atomic mass is 127. The molecule has 7 nitrogen and oxygen atoms in total. The highest BCUT2D eigenvalue weighted by Crippen LogP contribution is 2.06. The van der Waals surface area contributed by atoms with Gasteiger partial charge < -0.3 is 20.5 Å². The molecular weight excluding hydrogens is 479 g/mol. The molecule has 1 amide bonds. The van der Waals surface area contributed by atoms with Gasteiger partial charge in [-0.2, -0.15) is 0 Å². The molecule has 1 aromatic carbocycles. The topological polar surface area (TPSA) is 83.3 Å². The predicted octanol–water partition coefficient (Wildman–Crippen LogP) is 2.81. The van der Waals surface area contributed by atoms with E-state index in [0.717, 1.165) is 43.4 Å². The van der Waals surface area contributed by atoms with Gasteiger partial charge in [-0.25, -0.2) is 9.98 Å². The van der Waals surface area contributed by atoms with Crippen molar-refractivity contribution in [1.29, 1.82) is 0 Å². The summed E-state index contributed by atoms with van der Waals surface area (Å²) in [4.78, 5) is 20.8. The molecule has 0 radical (unpaired) electrons. The fourth-order valence-electron chi connectivity index (χ4n) is 2.88. The van der Waals surface area contributed by atoms with Crippen molar-refractivity contribution in [2.45, 2.75) is 40.3 Å². The number of nitrogens with one attached hydrogen (secondary N) is 3. The van der Waals surface area contributed by atoms with Crippen LogP contribution in [0.2, 0.25) is 0 Å². The van der Waals surface area contributed by atoms with Gasteiger partial charge in [0.25, 0.3) is 5.91 Å². The van der Waals surface area contributed by atoms with Crippen LogP contribution in [0.25, 0.3) is 0 Å². The summed E-state index contributed by atoms with van der Waals surface area (Å²) in [5.74, 6) is 2.23. The largest absolute Gasteiger partial charge is 0.357 e. The molecule has 0 fully saturated rings. The minimum Gasteiger partial charge on any atom is -0.357 e. The first-order valence-electron chi connectivity index (χ1n) is 9.86. The van der Waals surface area contributed by atoms with Gasteiger partial charge in [0, 0.05) is 44.6 Å². The number of aliphatic imine (C=N–C) groups is 1. The van der Waals surface area contributed by atoms with Crippen LogP contribution in [-0.2, 0) is 19.5 Å². The number of amides is 1. The molecule has 0 atom stereocenters. The Hall–Kier alpha value is -2.10. The van der Waals surface area contributed by atoms with Crippen molar-refractivity contribution in [1.82, 2.24) is 25.5 Å². The maximum absolute atomic E-state index is 11.8. The molecule has 0 saturated carbocycles. The van der Waals surface area contributed by atoms with Crippen LogP contribution in [0.4, 0.5) is 0 Å². The predicted molar refractivity (Wildman–Crippen MR) is 129 cm³/mol. The molecule has 0 aliphatic carbocycles. The Balaban J connectivity index is 0.00000420. The van der Waals surface area contributed by atoms with E-state index >= 15 is 0 Å². The molecule has 0 saturated heterocycles. The number of benzene rings is 1. The number of aromatic nitrogens is 2. The monoisotopic (exact) mass is 512 g/mol. The van der Waals surface area contributed by atoms with Crippen LogP contribution < -0.4 is 16.0 Å². The number of nitrogens with zero attached hydrogens (tertiary/aromatic N) is 3. The number of guanidine groups is 1. The average molecular weight is 512 g/mol. The summed E-state index contributed by atoms with van der Waals surface area (Å²) in [5, 5.41) is 9.28. The molecular formula is C21H33IN6O. The van der Waals surface area contributed by atoms with Gasteiger partial charge in [-0.15, -0.1) is 24.0 Å². The van der Waals surface area contributed by atoms with Gasteiger partial charge in [-0.3, -0.25) is 4.79 Å². The van der Waals surface area contributed by atoms with E-state index in [9.17, 15) is 4.79 Å². The third-order valence-corrected chi connectivity index (χ3v) is 4.21. The highest BCUT2D eigenvalue weighted by Gasteiger charge is 2.06. The van der Waals surface area contributed by atoms with E-state index in [-0.39, 0.29) is 29.9 Å². The molecule has 0 bridgehead atoms. The van der Waals surface area contributed by atoms with Crippen molar-refractivity contribution >= 4 is 35.8 Å². The minimum absolute atomic E-state index is 0. The molecule has 0 aliphatic heterocycles. The van der Waals surface area contributed by atoms with Gasteiger partial charge in [0.05, 0.1) is 0 Å². The normalized spacial score (nSPS) is 11.1. The fourth-order valence-corrected chi connectivity index (χ4v) is 2.88. The van der Waals surface area contributed by atoms with Gasteiger partial charge in [0.1, 0.15) is 12.4 Å². The lowest BCUT2D eigenvalue weighted by molar-refractivity contribution is 0.0963. The van der Waals surface area contributed by atoms with E-state index in [1.54, 1.807) is 7.05 Å². The lowest BCUT2D eigenvalue weighted by atomic mass is 10.1. The fraction of sp³-hybridized carbons (Fsp3) is 0.476. The van der Waals surface area contributed by atoms with E-state index in [2.05, 4.69) is 44.3 Å². The van der Waals surface area contributed by atoms with E-state index in [1.807, 2.05) is 43.6 Å². The van der Waals surface area contributed by atoms with Crippen LogP contribution >= 0.6 is 24.0 Å². The molecule has 3 N–H and O–H groups in total. The van der Waals surface area contributed by atoms with E-state index in [4.69, 9.17) is 0 Å². The lowest BCUT2D eigenvalue weighted by Gasteiger charge is -2.13. The summed E-state index contributed by atoms with van der Waals surface area (Å²) < 4.78 is 2.15. The molecule has 2 rings (SSSR count). The number of carbonyl (C=O) groups is 1. The minimum atomic E-state index is -0.0680. The number of hydrogen-bond acceptors (Lipinski definition) is 3. The first-order valence-corrected chi connectivity index (χ1v) is 9.86. The zero-order valence-corrected chi connectivity index (χ0v) is 20.1. The zero-order chi connectivity index (χ0) is 20.4. The van der Waals surface area contributed by atoms with Gasteiger partial charge in [-0.05, 0) is 37.0 Å². The Kier molecular flexibility index (Phi) is 11.3. The Morgan fingerprint density at radius 2 is 2.07 bits per heavy atom. The van der Waals surface area contributed by atoms with Gasteiger partial charge in [-0.1, -0.05) is 26.0 Å². The van der Waals surface area contributed by atoms with Crippen molar-refractivity contribution < 1.29 is 4.79 Å². The molecule has 2 aromatic rings. The second-order valence-electron chi connectivity index (χ2n) is 7.04. The van der Waals surface area contributed by atoms with Crippen molar-refractivity contribution in [3.8, 4) is 0 Å². The van der Waals surface area contributed by atoms with Crippen LogP contribution in [0.5, 0.6) is 0 Å². The zero-order valence-electron chi connectivity index (χ0n) is 17.7. The molecule has 160 valence electrons. The smallest absolute Gasteiger partial charge is 0.251 e. The Labute approximate surface area is 190 Å². The first kappa shape index (κ1) is 24.9. The van der Waals surface area contributed by atoms with Gasteiger partial charge >= 0.3 is 0 Å². The van der Waals surface area contributed by atoms with Gasteiger partial charge in [0.2, 0.25) is 0 Å². The van der Waals surface area contributed by atoms with Crippen molar-refractivity contribution in [2.24, 2.45) is 10.9 Å². The molecule has 29 heavy (non-hydrogen) atoms. The Morgan fingerprint density at radius 1 is 1.28 bits per heavy atom. The second kappa shape index (κ2) is 13.2. The molecule has 0 spiro atoms. The van der Waals surface area contributed by atoms with Crippen LogP contribution in [0.15, 0.2) is 41.7 Å². The first-order chi connectivity index (χ1) is 13.5. The Morgan fingerprint density at radius 3 is 2.76 bits per heavy atom. The highest BCUT2D eigenvalue weighted by molar-refractivity contribution is 14.0. The van der Waals surface area contributed by atoms with E-state index in [1.165, 1.54) is 0 Å². The van der Waals surface area contributed by atoms with Crippen LogP contribution in [-0.4, -0.2) is 41.6 Å². The summed E-state index contributed by atoms with van der Waals surface area (Å²) in [7, 11) is 1.64. The number of rotatable bonds is 9. The number of hydrogen-bond donors (Lipinski definition) is 3. The number of imidazole rings is 1. The van der Waals surface area contributed by atoms with Gasteiger partial charge in [0.15, 0.2) is 5.96 Å². The summed E-state index contributed by atoms with van der Waals surface area (Å²) >= 11 is 0. The maximum atomic E-state index is 11.8. The molecule has 1 aromatic heterocycles. The third kappa shape index (κ3) is 8.43. The SMILES string of the molecule is CCNC(=NCc1nccn1CC(C)C)NCCc1cccc(C(=O)NC)c1.I. The average Bonchev–Trinajstić information content (AvgIpc) is 3.12. The maximum Gasteiger partial charge on any atom is 0.251 e. The summed E-state index contributed by atoms with van der Waals surface area (Å²) in [6.07, 6.45) is 4.63. The van der Waals surface area contributed by atoms with Crippen molar-refractivity contribution in [2.75, 3.05) is 20.1 Å². The van der Waals surface area contributed by atoms with Crippen LogP contribution in [0.3, 0.4) is 0 Å². The quantitative estimate of drug-likeness (QED) is 0.274. The van der Waals surface area contributed by atoms with Crippen molar-refractivity contribution in [3.05, 3.63) is 53.6 Å². The summed E-state index contributed by atoms with van der Waals surface area (Å²) in [6.45, 7) is 9.42. The summed E-state index contributed by atoms with van der Waals surface area (Å²) in [5.41, 5.74) is 1.79. The van der Waals surface area contributed by atoms with E-state index < -0.39 is 0 Å². The Bertz CT molecular complexity index is 787. The standard InChI is InChI=1S/C21H32N6O.HI/c1-5-23-21(26-14-19-24-11-12-27(19)15-16(2)3)25-10-9-17-7-6-8-18(13-17)20(28)22-4;/h6-8,11-13,16H,5,9-10,14-15H2,1-4H3,(H,22,28)(H2,23,25,26);1H. The lowest BCUT2D eigenvalue weighted by Crippen LogP contribution is -2.38. The number of halogens is 1. The van der Waals surface area contributed by atoms with Crippen LogP contribution in [0.1, 0.15) is 42.5 Å². The molecule has 0 aliphatic rings. The second-order valence-corrected chi connectivity index (χ2v) is 7.04. The molecule has 0 unspecified atom stereocenters. The molecule has 8 heteroatoms.